The van der Waals surface area contributed by atoms with Gasteiger partial charge in [-0.05, 0) is 25.1 Å². The van der Waals surface area contributed by atoms with E-state index in [1.807, 2.05) is 0 Å². The predicted octanol–water partition coefficient (Wildman–Crippen LogP) is 1.99. The molecule has 1 fully saturated rings. The number of carbonyl (C=O) groups is 1. The quantitative estimate of drug-likeness (QED) is 0.795. The highest BCUT2D eigenvalue weighted by molar-refractivity contribution is 7.89. The molecule has 0 spiro atoms. The van der Waals surface area contributed by atoms with Gasteiger partial charge in [0, 0.05) is 32.6 Å². The van der Waals surface area contributed by atoms with Crippen molar-refractivity contribution >= 4 is 51.5 Å². The number of nitrogens with two attached hydrogens (primary N) is 1. The molecular weight excluding hydrogens is 397 g/mol. The van der Waals surface area contributed by atoms with Gasteiger partial charge < -0.3 is 10.6 Å². The summed E-state index contributed by atoms with van der Waals surface area (Å²) in [6.45, 7) is 1.61. The SMILES string of the molecule is Cl.NCCCC(=O)N1CCN(S(=O)(=O)c2c(Cl)cccc2Cl)CC1. The fraction of sp³-hybridized carbons (Fsp3) is 0.500. The second-order valence-corrected chi connectivity index (χ2v) is 7.92. The summed E-state index contributed by atoms with van der Waals surface area (Å²) in [5.74, 6) is 0.00303. The molecule has 136 valence electrons. The molecule has 1 aliphatic heterocycles. The van der Waals surface area contributed by atoms with Crippen LogP contribution in [0.1, 0.15) is 12.8 Å². The third-order valence-electron chi connectivity index (χ3n) is 3.70. The summed E-state index contributed by atoms with van der Waals surface area (Å²) < 4.78 is 26.7. The molecule has 0 unspecified atom stereocenters. The van der Waals surface area contributed by atoms with E-state index in [0.29, 0.717) is 32.5 Å². The number of halogens is 3. The molecule has 0 radical (unpaired) electrons. The first kappa shape index (κ1) is 21.5. The summed E-state index contributed by atoms with van der Waals surface area (Å²) in [6.07, 6.45) is 1.02. The van der Waals surface area contributed by atoms with Crippen LogP contribution in [0, 0.1) is 0 Å². The van der Waals surface area contributed by atoms with Crippen molar-refractivity contribution in [2.75, 3.05) is 32.7 Å². The average Bonchev–Trinajstić information content (AvgIpc) is 2.52. The lowest BCUT2D eigenvalue weighted by atomic mass is 10.2. The molecule has 0 bridgehead atoms. The van der Waals surface area contributed by atoms with Crippen LogP contribution in [-0.4, -0.2) is 56.3 Å². The van der Waals surface area contributed by atoms with Crippen molar-refractivity contribution in [1.82, 2.24) is 9.21 Å². The molecule has 1 heterocycles. The third kappa shape index (κ3) is 4.74. The van der Waals surface area contributed by atoms with Crippen molar-refractivity contribution in [1.29, 1.82) is 0 Å². The zero-order chi connectivity index (χ0) is 17.0. The van der Waals surface area contributed by atoms with E-state index >= 15 is 0 Å². The van der Waals surface area contributed by atoms with Gasteiger partial charge in [-0.3, -0.25) is 4.79 Å². The Morgan fingerprint density at radius 1 is 1.12 bits per heavy atom. The summed E-state index contributed by atoms with van der Waals surface area (Å²) in [7, 11) is -3.78. The molecule has 6 nitrogen and oxygen atoms in total. The van der Waals surface area contributed by atoms with Crippen molar-refractivity contribution in [3.63, 3.8) is 0 Å². The van der Waals surface area contributed by atoms with Crippen molar-refractivity contribution < 1.29 is 13.2 Å². The Morgan fingerprint density at radius 2 is 1.67 bits per heavy atom. The van der Waals surface area contributed by atoms with Crippen molar-refractivity contribution in [2.24, 2.45) is 5.73 Å². The first-order valence-electron chi connectivity index (χ1n) is 7.30. The Balaban J connectivity index is 0.00000288. The maximum Gasteiger partial charge on any atom is 0.246 e. The zero-order valence-corrected chi connectivity index (χ0v) is 16.1. The smallest absolute Gasteiger partial charge is 0.246 e. The number of nitrogens with zero attached hydrogens (tertiary/aromatic N) is 2. The molecule has 2 rings (SSSR count). The number of hydrogen-bond donors (Lipinski definition) is 1. The fourth-order valence-corrected chi connectivity index (χ4v) is 4.96. The van der Waals surface area contributed by atoms with Crippen molar-refractivity contribution in [2.45, 2.75) is 17.7 Å². The first-order chi connectivity index (χ1) is 10.9. The molecule has 1 amide bonds. The maximum atomic E-state index is 12.7. The second-order valence-electron chi connectivity index (χ2n) is 5.23. The van der Waals surface area contributed by atoms with E-state index in [0.717, 1.165) is 0 Å². The van der Waals surface area contributed by atoms with Gasteiger partial charge in [0.1, 0.15) is 4.90 Å². The summed E-state index contributed by atoms with van der Waals surface area (Å²) >= 11 is 12.0. The van der Waals surface area contributed by atoms with E-state index in [1.54, 1.807) is 11.0 Å². The molecule has 1 saturated heterocycles. The molecule has 0 aromatic heterocycles. The van der Waals surface area contributed by atoms with Gasteiger partial charge in [-0.1, -0.05) is 29.3 Å². The minimum absolute atomic E-state index is 0. The first-order valence-corrected chi connectivity index (χ1v) is 9.49. The largest absolute Gasteiger partial charge is 0.340 e. The van der Waals surface area contributed by atoms with Crippen LogP contribution in [0.5, 0.6) is 0 Å². The van der Waals surface area contributed by atoms with Gasteiger partial charge >= 0.3 is 0 Å². The highest BCUT2D eigenvalue weighted by Crippen LogP contribution is 2.31. The summed E-state index contributed by atoms with van der Waals surface area (Å²) in [5.41, 5.74) is 5.39. The summed E-state index contributed by atoms with van der Waals surface area (Å²) in [6, 6.07) is 4.58. The number of rotatable bonds is 5. The van der Waals surface area contributed by atoms with Crippen molar-refractivity contribution in [3.8, 4) is 0 Å². The lowest BCUT2D eigenvalue weighted by Crippen LogP contribution is -2.50. The van der Waals surface area contributed by atoms with Gasteiger partial charge in [-0.25, -0.2) is 8.42 Å². The monoisotopic (exact) mass is 415 g/mol. The van der Waals surface area contributed by atoms with E-state index in [2.05, 4.69) is 0 Å². The molecule has 1 aromatic rings. The Morgan fingerprint density at radius 3 is 2.17 bits per heavy atom. The molecule has 0 aliphatic carbocycles. The normalized spacial score (nSPS) is 15.9. The van der Waals surface area contributed by atoms with E-state index < -0.39 is 10.0 Å². The number of benzene rings is 1. The molecular formula is C14H20Cl3N3O3S. The zero-order valence-electron chi connectivity index (χ0n) is 13.0. The van der Waals surface area contributed by atoms with Crippen LogP contribution in [0.4, 0.5) is 0 Å². The Labute approximate surface area is 158 Å². The standard InChI is InChI=1S/C14H19Cl2N3O3S.ClH/c15-11-3-1-4-12(16)14(11)23(21,22)19-9-7-18(8-10-19)13(20)5-2-6-17;/h1,3-4H,2,5-10,17H2;1H. The van der Waals surface area contributed by atoms with Crippen molar-refractivity contribution in [3.05, 3.63) is 28.2 Å². The number of piperazine rings is 1. The van der Waals surface area contributed by atoms with Gasteiger partial charge in [0.25, 0.3) is 0 Å². The highest BCUT2D eigenvalue weighted by Gasteiger charge is 2.32. The second kappa shape index (κ2) is 9.22. The molecule has 10 heteroatoms. The maximum absolute atomic E-state index is 12.7. The van der Waals surface area contributed by atoms with Gasteiger partial charge in [0.05, 0.1) is 10.0 Å². The van der Waals surface area contributed by atoms with E-state index in [1.165, 1.54) is 16.4 Å². The number of carbonyl (C=O) groups excluding carboxylic acids is 1. The Kier molecular flexibility index (Phi) is 8.25. The van der Waals surface area contributed by atoms with E-state index in [9.17, 15) is 13.2 Å². The lowest BCUT2D eigenvalue weighted by molar-refractivity contribution is -0.132. The molecule has 24 heavy (non-hydrogen) atoms. The third-order valence-corrected chi connectivity index (χ3v) is 6.56. The highest BCUT2D eigenvalue weighted by atomic mass is 35.5. The van der Waals surface area contributed by atoms with Gasteiger partial charge in [-0.15, -0.1) is 12.4 Å². The van der Waals surface area contributed by atoms with Crippen LogP contribution in [0.15, 0.2) is 23.1 Å². The minimum Gasteiger partial charge on any atom is -0.340 e. The average molecular weight is 417 g/mol. The summed E-state index contributed by atoms with van der Waals surface area (Å²) in [5, 5.41) is 0.193. The number of amides is 1. The lowest BCUT2D eigenvalue weighted by Gasteiger charge is -2.34. The molecule has 2 N–H and O–H groups in total. The van der Waals surface area contributed by atoms with Crippen LogP contribution in [0.2, 0.25) is 10.0 Å². The molecule has 0 atom stereocenters. The van der Waals surface area contributed by atoms with E-state index in [-0.39, 0.29) is 46.3 Å². The fourth-order valence-electron chi connectivity index (χ4n) is 2.45. The minimum atomic E-state index is -3.78. The molecule has 1 aromatic carbocycles. The van der Waals surface area contributed by atoms with Gasteiger partial charge in [-0.2, -0.15) is 4.31 Å². The van der Waals surface area contributed by atoms with Crippen LogP contribution >= 0.6 is 35.6 Å². The van der Waals surface area contributed by atoms with Crippen LogP contribution < -0.4 is 5.73 Å². The molecule has 0 saturated carbocycles. The van der Waals surface area contributed by atoms with Crippen LogP contribution in [0.3, 0.4) is 0 Å². The number of hydrogen-bond acceptors (Lipinski definition) is 4. The Hall–Kier alpha value is -0.570. The Bertz CT molecular complexity index is 657. The topological polar surface area (TPSA) is 83.7 Å². The van der Waals surface area contributed by atoms with E-state index in [4.69, 9.17) is 28.9 Å². The summed E-state index contributed by atoms with van der Waals surface area (Å²) in [4.78, 5) is 13.5. The van der Waals surface area contributed by atoms with Crippen LogP contribution in [-0.2, 0) is 14.8 Å². The van der Waals surface area contributed by atoms with Gasteiger partial charge in [0.15, 0.2) is 0 Å². The predicted molar refractivity (Wildman–Crippen MR) is 97.3 cm³/mol. The van der Waals surface area contributed by atoms with Gasteiger partial charge in [0.2, 0.25) is 15.9 Å². The number of sulfonamides is 1. The molecule has 1 aliphatic rings. The van der Waals surface area contributed by atoms with Crippen LogP contribution in [0.25, 0.3) is 0 Å².